The summed E-state index contributed by atoms with van der Waals surface area (Å²) in [6, 6.07) is 25.2. The zero-order valence-corrected chi connectivity index (χ0v) is 20.8. The maximum atomic E-state index is 11.0. The molecular weight excluding hydrogens is 466 g/mol. The van der Waals surface area contributed by atoms with Crippen molar-refractivity contribution in [2.45, 2.75) is 60.8 Å². The number of halogens is 1. The van der Waals surface area contributed by atoms with Gasteiger partial charge in [-0.15, -0.1) is 0 Å². The van der Waals surface area contributed by atoms with Gasteiger partial charge in [-0.3, -0.25) is 0 Å². The Kier molecular flexibility index (Phi) is 10.8. The average Bonchev–Trinajstić information content (AvgIpc) is 2.83. The van der Waals surface area contributed by atoms with Crippen molar-refractivity contribution in [1.29, 1.82) is 0 Å². The minimum Gasteiger partial charge on any atom is -0.465 e. The first-order valence-electron chi connectivity index (χ1n) is 11.7. The Labute approximate surface area is 211 Å². The minimum atomic E-state index is -1.02. The lowest BCUT2D eigenvalue weighted by Crippen LogP contribution is -2.33. The van der Waals surface area contributed by atoms with Crippen LogP contribution in [0.5, 0.6) is 0 Å². The van der Waals surface area contributed by atoms with E-state index in [1.807, 2.05) is 12.1 Å². The van der Waals surface area contributed by atoms with Crippen molar-refractivity contribution in [3.8, 4) is 0 Å². The maximum Gasteiger partial charge on any atom is 0.404 e. The van der Waals surface area contributed by atoms with E-state index in [-0.39, 0.29) is 12.6 Å². The molecule has 0 aromatic heterocycles. The summed E-state index contributed by atoms with van der Waals surface area (Å²) in [7, 11) is 0. The van der Waals surface area contributed by atoms with Gasteiger partial charge in [0.25, 0.3) is 0 Å². The molecule has 0 radical (unpaired) electrons. The predicted molar refractivity (Wildman–Crippen MR) is 140 cm³/mol. The Hall–Kier alpha value is -2.47. The van der Waals surface area contributed by atoms with Crippen LogP contribution < -0.4 is 5.32 Å². The molecule has 3 rings (SSSR count). The topological polar surface area (TPSA) is 69.6 Å². The van der Waals surface area contributed by atoms with Crippen molar-refractivity contribution in [3.63, 3.8) is 0 Å². The summed E-state index contributed by atoms with van der Waals surface area (Å²) < 4.78 is 0. The highest BCUT2D eigenvalue weighted by Gasteiger charge is 2.12. The summed E-state index contributed by atoms with van der Waals surface area (Å²) in [6.45, 7) is 0.0681. The molecule has 1 unspecified atom stereocenters. The second kappa shape index (κ2) is 14.1. The van der Waals surface area contributed by atoms with Gasteiger partial charge in [0.1, 0.15) is 0 Å². The largest absolute Gasteiger partial charge is 0.465 e. The first kappa shape index (κ1) is 26.1. The molecule has 0 bridgehead atoms. The third-order valence-corrected chi connectivity index (χ3v) is 7.07. The van der Waals surface area contributed by atoms with E-state index >= 15 is 0 Å². The fourth-order valence-corrected chi connectivity index (χ4v) is 5.25. The van der Waals surface area contributed by atoms with Gasteiger partial charge in [-0.05, 0) is 85.9 Å². The van der Waals surface area contributed by atoms with Crippen molar-refractivity contribution in [3.05, 3.63) is 94.5 Å². The Balaban J connectivity index is 1.53. The summed E-state index contributed by atoms with van der Waals surface area (Å²) in [5, 5.41) is 21.3. The van der Waals surface area contributed by atoms with Crippen LogP contribution in [0.4, 0.5) is 4.79 Å². The van der Waals surface area contributed by atoms with Gasteiger partial charge < -0.3 is 15.5 Å². The molecule has 1 atom stereocenters. The van der Waals surface area contributed by atoms with Crippen LogP contribution in [-0.4, -0.2) is 29.0 Å². The molecule has 0 aliphatic rings. The summed E-state index contributed by atoms with van der Waals surface area (Å²) >= 11 is 8.28. The number of amides is 1. The van der Waals surface area contributed by atoms with Crippen LogP contribution in [-0.2, 0) is 19.3 Å². The second-order valence-electron chi connectivity index (χ2n) is 8.39. The highest BCUT2D eigenvalue weighted by Crippen LogP contribution is 2.32. The predicted octanol–water partition coefficient (Wildman–Crippen LogP) is 7.01. The van der Waals surface area contributed by atoms with E-state index in [0.717, 1.165) is 47.6 Å². The number of benzene rings is 3. The summed E-state index contributed by atoms with van der Waals surface area (Å²) in [6.07, 6.45) is 4.57. The molecule has 0 saturated carbocycles. The van der Waals surface area contributed by atoms with Crippen LogP contribution in [0.25, 0.3) is 0 Å². The average molecular weight is 498 g/mol. The van der Waals surface area contributed by atoms with E-state index in [1.54, 1.807) is 11.8 Å². The molecular formula is C28H32ClNO3S. The molecule has 4 nitrogen and oxygen atoms in total. The maximum absolute atomic E-state index is 11.0. The highest BCUT2D eigenvalue weighted by atomic mass is 35.5. The van der Waals surface area contributed by atoms with Gasteiger partial charge in [-0.1, -0.05) is 71.9 Å². The number of aryl methyl sites for hydroxylation is 3. The quantitative estimate of drug-likeness (QED) is 0.237. The molecule has 0 saturated heterocycles. The van der Waals surface area contributed by atoms with Crippen molar-refractivity contribution in [2.75, 3.05) is 6.61 Å². The highest BCUT2D eigenvalue weighted by molar-refractivity contribution is 7.99. The third-order valence-electron chi connectivity index (χ3n) is 5.74. The lowest BCUT2D eigenvalue weighted by Gasteiger charge is -2.16. The molecule has 0 fully saturated rings. The van der Waals surface area contributed by atoms with Gasteiger partial charge in [0.05, 0.1) is 0 Å². The number of nitrogens with one attached hydrogen (secondary N) is 1. The fraction of sp³-hybridized carbons (Fsp3) is 0.321. The van der Waals surface area contributed by atoms with Crippen LogP contribution in [0.1, 0.15) is 42.4 Å². The number of hydrogen-bond acceptors (Lipinski definition) is 3. The second-order valence-corrected chi connectivity index (χ2v) is 9.95. The molecule has 34 heavy (non-hydrogen) atoms. The van der Waals surface area contributed by atoms with E-state index in [1.165, 1.54) is 16.0 Å². The zero-order valence-electron chi connectivity index (χ0n) is 19.3. The smallest absolute Gasteiger partial charge is 0.404 e. The molecule has 6 heteroatoms. The van der Waals surface area contributed by atoms with Crippen molar-refractivity contribution in [2.24, 2.45) is 0 Å². The molecule has 3 N–H and O–H groups in total. The fourth-order valence-electron chi connectivity index (χ4n) is 3.97. The number of hydrogen-bond donors (Lipinski definition) is 3. The van der Waals surface area contributed by atoms with Gasteiger partial charge in [-0.2, -0.15) is 0 Å². The molecule has 0 aliphatic heterocycles. The van der Waals surface area contributed by atoms with Crippen LogP contribution in [0, 0.1) is 0 Å². The summed E-state index contributed by atoms with van der Waals surface area (Å²) in [5.74, 6) is 0. The summed E-state index contributed by atoms with van der Waals surface area (Å²) in [5.41, 5.74) is 3.74. The van der Waals surface area contributed by atoms with Gasteiger partial charge in [0, 0.05) is 27.5 Å². The molecule has 3 aromatic carbocycles. The van der Waals surface area contributed by atoms with Crippen LogP contribution in [0.15, 0.2) is 82.6 Å². The minimum absolute atomic E-state index is 0.0681. The van der Waals surface area contributed by atoms with E-state index < -0.39 is 6.09 Å². The Morgan fingerprint density at radius 1 is 0.853 bits per heavy atom. The van der Waals surface area contributed by atoms with Gasteiger partial charge in [-0.25, -0.2) is 4.79 Å². The third kappa shape index (κ3) is 9.05. The lowest BCUT2D eigenvalue weighted by molar-refractivity contribution is 0.186. The van der Waals surface area contributed by atoms with Gasteiger partial charge in [0.2, 0.25) is 0 Å². The first-order valence-corrected chi connectivity index (χ1v) is 12.9. The van der Waals surface area contributed by atoms with Gasteiger partial charge in [0.15, 0.2) is 0 Å². The molecule has 0 heterocycles. The molecule has 3 aromatic rings. The first-order chi connectivity index (χ1) is 16.5. The zero-order chi connectivity index (χ0) is 24.2. The van der Waals surface area contributed by atoms with Crippen molar-refractivity contribution >= 4 is 29.5 Å². The van der Waals surface area contributed by atoms with Crippen LogP contribution in [0.3, 0.4) is 0 Å². The molecule has 0 aliphatic carbocycles. The van der Waals surface area contributed by atoms with E-state index in [2.05, 4.69) is 66.0 Å². The lowest BCUT2D eigenvalue weighted by atomic mass is 10.0. The van der Waals surface area contributed by atoms with E-state index in [4.69, 9.17) is 21.8 Å². The molecule has 0 spiro atoms. The van der Waals surface area contributed by atoms with E-state index in [0.29, 0.717) is 12.8 Å². The molecule has 1 amide bonds. The van der Waals surface area contributed by atoms with Crippen molar-refractivity contribution < 1.29 is 15.0 Å². The number of carboxylic acid groups (broad SMARTS) is 1. The van der Waals surface area contributed by atoms with Gasteiger partial charge >= 0.3 is 6.09 Å². The monoisotopic (exact) mass is 497 g/mol. The normalized spacial score (nSPS) is 11.8. The number of rotatable bonds is 13. The SMILES string of the molecule is O=C(O)NC(CCCO)CCCc1ccc(Sc2cccc(CCc3ccccc3)c2)cc1Cl. The van der Waals surface area contributed by atoms with Crippen molar-refractivity contribution in [1.82, 2.24) is 5.32 Å². The molecule has 180 valence electrons. The summed E-state index contributed by atoms with van der Waals surface area (Å²) in [4.78, 5) is 13.3. The number of carbonyl (C=O) groups is 1. The standard InChI is InChI=1S/C28H32ClNO3S/c29-27-20-26(17-16-23(27)10-5-11-24(12-6-18-31)30-28(32)33)34-25-13-4-9-22(19-25)15-14-21-7-2-1-3-8-21/h1-4,7-9,13,16-17,19-20,24,30-31H,5-6,10-12,14-15,18H2,(H,32,33). The number of aliphatic hydroxyl groups excluding tert-OH is 1. The van der Waals surface area contributed by atoms with Crippen LogP contribution in [0.2, 0.25) is 5.02 Å². The number of aliphatic hydroxyl groups is 1. The Bertz CT molecular complexity index is 1040. The Morgan fingerprint density at radius 3 is 2.29 bits per heavy atom. The Morgan fingerprint density at radius 2 is 1.56 bits per heavy atom. The van der Waals surface area contributed by atoms with Crippen LogP contribution >= 0.6 is 23.4 Å². The van der Waals surface area contributed by atoms with E-state index in [9.17, 15) is 4.79 Å².